The van der Waals surface area contributed by atoms with Gasteiger partial charge in [-0.05, 0) is 84.1 Å². The van der Waals surface area contributed by atoms with Gasteiger partial charge in [0.05, 0.1) is 12.7 Å². The molecule has 0 spiro atoms. The Hall–Kier alpha value is -2.49. The van der Waals surface area contributed by atoms with Crippen LogP contribution in [0, 0.1) is 6.92 Å². The van der Waals surface area contributed by atoms with Crippen molar-refractivity contribution in [3.63, 3.8) is 0 Å². The Kier molecular flexibility index (Phi) is 7.11. The third-order valence-electron chi connectivity index (χ3n) is 5.06. The molecule has 0 bridgehead atoms. The molecule has 0 saturated heterocycles. The van der Waals surface area contributed by atoms with Gasteiger partial charge < -0.3 is 14.6 Å². The number of hydrogen-bond donors (Lipinski definition) is 1. The summed E-state index contributed by atoms with van der Waals surface area (Å²) >= 11 is 0. The Morgan fingerprint density at radius 2 is 1.96 bits per heavy atom. The third kappa shape index (κ3) is 5.28. The maximum absolute atomic E-state index is 11.9. The maximum Gasteiger partial charge on any atom is 0.341 e. The van der Waals surface area contributed by atoms with E-state index in [-0.39, 0.29) is 11.3 Å². The van der Waals surface area contributed by atoms with Crippen LogP contribution in [0.4, 0.5) is 0 Å². The minimum absolute atomic E-state index is 0.0878. The van der Waals surface area contributed by atoms with E-state index < -0.39 is 11.6 Å². The number of aryl methyl sites for hydroxylation is 1. The van der Waals surface area contributed by atoms with Crippen LogP contribution in [-0.2, 0) is 4.74 Å². The van der Waals surface area contributed by atoms with Gasteiger partial charge in [-0.25, -0.2) is 4.79 Å². The van der Waals surface area contributed by atoms with Gasteiger partial charge in [-0.15, -0.1) is 0 Å². The highest BCUT2D eigenvalue weighted by atomic mass is 16.5. The molecule has 1 aliphatic rings. The van der Waals surface area contributed by atoms with E-state index in [1.807, 2.05) is 19.1 Å². The SMILES string of the molecule is COC(=O)c1c(C)cc2c(c1O)C=C[C@@](C)(CC/C=C(\C)CCC=C(C)C)O2. The number of carbonyl (C=O) groups excluding carboxylic acids is 1. The molecule has 1 N–H and O–H groups in total. The Morgan fingerprint density at radius 1 is 1.25 bits per heavy atom. The summed E-state index contributed by atoms with van der Waals surface area (Å²) in [5.41, 5.74) is 3.64. The molecule has 4 nitrogen and oxygen atoms in total. The number of fused-ring (bicyclic) bond motifs is 1. The van der Waals surface area contributed by atoms with Crippen molar-refractivity contribution in [2.75, 3.05) is 7.11 Å². The van der Waals surface area contributed by atoms with Crippen molar-refractivity contribution in [3.8, 4) is 11.5 Å². The average Bonchev–Trinajstić information content (AvgIpc) is 2.60. The van der Waals surface area contributed by atoms with Gasteiger partial charge in [-0.1, -0.05) is 23.3 Å². The molecule has 0 unspecified atom stereocenters. The molecule has 0 aliphatic carbocycles. The van der Waals surface area contributed by atoms with Crippen molar-refractivity contribution in [1.29, 1.82) is 0 Å². The Morgan fingerprint density at radius 3 is 2.61 bits per heavy atom. The van der Waals surface area contributed by atoms with Crippen LogP contribution in [0.5, 0.6) is 11.5 Å². The Bertz CT molecular complexity index is 825. The number of methoxy groups -OCH3 is 1. The van der Waals surface area contributed by atoms with Crippen molar-refractivity contribution >= 4 is 12.0 Å². The molecule has 2 rings (SSSR count). The predicted octanol–water partition coefficient (Wildman–Crippen LogP) is 6.12. The lowest BCUT2D eigenvalue weighted by atomic mass is 9.92. The molecule has 4 heteroatoms. The first-order valence-corrected chi connectivity index (χ1v) is 9.79. The third-order valence-corrected chi connectivity index (χ3v) is 5.06. The van der Waals surface area contributed by atoms with Crippen LogP contribution >= 0.6 is 0 Å². The first-order valence-electron chi connectivity index (χ1n) is 9.79. The molecule has 152 valence electrons. The van der Waals surface area contributed by atoms with Crippen LogP contribution in [-0.4, -0.2) is 23.8 Å². The fourth-order valence-electron chi connectivity index (χ4n) is 3.36. The summed E-state index contributed by atoms with van der Waals surface area (Å²) in [4.78, 5) is 11.9. The second kappa shape index (κ2) is 9.13. The van der Waals surface area contributed by atoms with Crippen LogP contribution in [0.3, 0.4) is 0 Å². The molecular weight excluding hydrogens is 352 g/mol. The summed E-state index contributed by atoms with van der Waals surface area (Å²) < 4.78 is 11.0. The lowest BCUT2D eigenvalue weighted by Gasteiger charge is -2.32. The standard InChI is InChI=1S/C24H32O4/c1-16(2)9-7-10-17(3)11-8-13-24(5)14-12-19-20(28-24)15-18(4)21(22(19)25)23(26)27-6/h9,11-12,14-15,25H,7-8,10,13H2,1-6H3/b17-11+/t24-/m1/s1. The minimum Gasteiger partial charge on any atom is -0.506 e. The lowest BCUT2D eigenvalue weighted by Crippen LogP contribution is -2.32. The average molecular weight is 385 g/mol. The van der Waals surface area contributed by atoms with Crippen molar-refractivity contribution in [3.05, 3.63) is 52.1 Å². The minimum atomic E-state index is -0.548. The Labute approximate surface area is 168 Å². The van der Waals surface area contributed by atoms with Crippen LogP contribution in [0.15, 0.2) is 35.4 Å². The topological polar surface area (TPSA) is 55.8 Å². The summed E-state index contributed by atoms with van der Waals surface area (Å²) in [6.07, 6.45) is 12.2. The second-order valence-electron chi connectivity index (χ2n) is 7.98. The number of phenols is 1. The number of esters is 1. The van der Waals surface area contributed by atoms with E-state index in [2.05, 4.69) is 32.9 Å². The number of allylic oxidation sites excluding steroid dienone is 4. The van der Waals surface area contributed by atoms with Gasteiger partial charge >= 0.3 is 5.97 Å². The normalized spacial score (nSPS) is 18.3. The molecule has 28 heavy (non-hydrogen) atoms. The van der Waals surface area contributed by atoms with Crippen LogP contribution in [0.1, 0.15) is 74.9 Å². The monoisotopic (exact) mass is 384 g/mol. The highest BCUT2D eigenvalue weighted by molar-refractivity contribution is 5.96. The smallest absolute Gasteiger partial charge is 0.341 e. The van der Waals surface area contributed by atoms with E-state index >= 15 is 0 Å². The van der Waals surface area contributed by atoms with Gasteiger partial charge in [0.15, 0.2) is 0 Å². The van der Waals surface area contributed by atoms with E-state index in [1.54, 1.807) is 13.0 Å². The highest BCUT2D eigenvalue weighted by Gasteiger charge is 2.30. The first-order chi connectivity index (χ1) is 13.2. The molecule has 0 aromatic heterocycles. The van der Waals surface area contributed by atoms with Crippen molar-refractivity contribution in [1.82, 2.24) is 0 Å². The van der Waals surface area contributed by atoms with E-state index in [1.165, 1.54) is 18.3 Å². The number of aromatic hydroxyl groups is 1. The molecule has 1 aromatic carbocycles. The van der Waals surface area contributed by atoms with Crippen LogP contribution in [0.2, 0.25) is 0 Å². The molecule has 0 amide bonds. The highest BCUT2D eigenvalue weighted by Crippen LogP contribution is 2.41. The number of hydrogen-bond acceptors (Lipinski definition) is 4. The fourth-order valence-corrected chi connectivity index (χ4v) is 3.36. The van der Waals surface area contributed by atoms with E-state index in [9.17, 15) is 9.90 Å². The summed E-state index contributed by atoms with van der Waals surface area (Å²) in [7, 11) is 1.30. The molecule has 1 atom stereocenters. The van der Waals surface area contributed by atoms with E-state index in [4.69, 9.17) is 9.47 Å². The van der Waals surface area contributed by atoms with Crippen molar-refractivity contribution in [2.45, 2.75) is 65.9 Å². The lowest BCUT2D eigenvalue weighted by molar-refractivity contribution is 0.0596. The van der Waals surface area contributed by atoms with E-state index in [0.29, 0.717) is 16.9 Å². The molecular formula is C24H32O4. The molecule has 0 radical (unpaired) electrons. The maximum atomic E-state index is 11.9. The van der Waals surface area contributed by atoms with Gasteiger partial charge in [-0.2, -0.15) is 0 Å². The quantitative estimate of drug-likeness (QED) is 0.454. The summed E-state index contributed by atoms with van der Waals surface area (Å²) in [6, 6.07) is 1.80. The number of ether oxygens (including phenoxy) is 2. The van der Waals surface area contributed by atoms with Crippen molar-refractivity contribution in [2.24, 2.45) is 0 Å². The zero-order valence-corrected chi connectivity index (χ0v) is 17.9. The van der Waals surface area contributed by atoms with Gasteiger partial charge in [0.25, 0.3) is 0 Å². The summed E-state index contributed by atoms with van der Waals surface area (Å²) in [5.74, 6) is -0.0414. The van der Waals surface area contributed by atoms with E-state index in [0.717, 1.165) is 25.7 Å². The number of rotatable bonds is 7. The molecule has 1 aliphatic heterocycles. The molecule has 1 aromatic rings. The van der Waals surface area contributed by atoms with Gasteiger partial charge in [0.1, 0.15) is 22.7 Å². The van der Waals surface area contributed by atoms with Gasteiger partial charge in [0.2, 0.25) is 0 Å². The second-order valence-corrected chi connectivity index (χ2v) is 7.98. The zero-order chi connectivity index (χ0) is 20.9. The molecule has 0 saturated carbocycles. The number of carbonyl (C=O) groups is 1. The van der Waals surface area contributed by atoms with Crippen molar-refractivity contribution < 1.29 is 19.4 Å². The summed E-state index contributed by atoms with van der Waals surface area (Å²) in [5, 5.41) is 10.5. The summed E-state index contributed by atoms with van der Waals surface area (Å²) in [6.45, 7) is 10.2. The van der Waals surface area contributed by atoms with Crippen LogP contribution in [0.25, 0.3) is 6.08 Å². The first kappa shape index (κ1) is 21.8. The zero-order valence-electron chi connectivity index (χ0n) is 17.9. The van der Waals surface area contributed by atoms with Crippen LogP contribution < -0.4 is 4.74 Å². The number of phenolic OH excluding ortho intramolecular Hbond substituents is 1. The largest absolute Gasteiger partial charge is 0.506 e. The fraction of sp³-hybridized carbons (Fsp3) is 0.458. The van der Waals surface area contributed by atoms with Gasteiger partial charge in [-0.3, -0.25) is 0 Å². The number of benzene rings is 1. The molecule has 0 fully saturated rings. The predicted molar refractivity (Wildman–Crippen MR) is 114 cm³/mol. The Balaban J connectivity index is 2.09. The molecule has 1 heterocycles. The van der Waals surface area contributed by atoms with Gasteiger partial charge in [0, 0.05) is 0 Å².